The summed E-state index contributed by atoms with van der Waals surface area (Å²) in [5.74, 6) is -1.52. The average Bonchev–Trinajstić information content (AvgIpc) is 2.11. The van der Waals surface area contributed by atoms with E-state index in [1.165, 1.54) is 6.07 Å². The van der Waals surface area contributed by atoms with Crippen LogP contribution in [-0.2, 0) is 11.2 Å². The molecule has 0 fully saturated rings. The number of carboxylic acids is 1. The topological polar surface area (TPSA) is 63.3 Å². The van der Waals surface area contributed by atoms with Crippen molar-refractivity contribution >= 4 is 5.97 Å². The van der Waals surface area contributed by atoms with Crippen LogP contribution in [0.2, 0.25) is 0 Å². The zero-order chi connectivity index (χ0) is 10.7. The van der Waals surface area contributed by atoms with Crippen LogP contribution in [0.25, 0.3) is 0 Å². The standard InChI is InChI=1S/C10H12FNO2/c1-6-3-2-4-8(11)7(6)5-9(12)10(13)14/h2-4,9H,5,12H2,1H3,(H,13,14). The minimum Gasteiger partial charge on any atom is -0.480 e. The minimum atomic E-state index is -1.12. The molecule has 0 aliphatic heterocycles. The zero-order valence-electron chi connectivity index (χ0n) is 7.83. The van der Waals surface area contributed by atoms with Gasteiger partial charge in [-0.05, 0) is 24.1 Å². The number of nitrogens with two attached hydrogens (primary N) is 1. The van der Waals surface area contributed by atoms with Gasteiger partial charge in [0.25, 0.3) is 0 Å². The van der Waals surface area contributed by atoms with Gasteiger partial charge in [-0.2, -0.15) is 0 Å². The second-order valence-electron chi connectivity index (χ2n) is 3.18. The third kappa shape index (κ3) is 2.29. The summed E-state index contributed by atoms with van der Waals surface area (Å²) in [6, 6.07) is 3.57. The fraction of sp³-hybridized carbons (Fsp3) is 0.300. The molecule has 0 saturated carbocycles. The molecule has 0 aromatic heterocycles. The van der Waals surface area contributed by atoms with Crippen LogP contribution >= 0.6 is 0 Å². The molecule has 14 heavy (non-hydrogen) atoms. The lowest BCUT2D eigenvalue weighted by molar-refractivity contribution is -0.138. The number of hydrogen-bond acceptors (Lipinski definition) is 2. The normalized spacial score (nSPS) is 12.5. The van der Waals surface area contributed by atoms with E-state index in [2.05, 4.69) is 0 Å². The molecule has 76 valence electrons. The van der Waals surface area contributed by atoms with Crippen molar-refractivity contribution in [2.45, 2.75) is 19.4 Å². The lowest BCUT2D eigenvalue weighted by Gasteiger charge is -2.09. The maximum Gasteiger partial charge on any atom is 0.320 e. The van der Waals surface area contributed by atoms with Crippen molar-refractivity contribution < 1.29 is 14.3 Å². The van der Waals surface area contributed by atoms with Gasteiger partial charge in [0.1, 0.15) is 11.9 Å². The molecule has 1 aromatic rings. The van der Waals surface area contributed by atoms with Crippen LogP contribution in [0, 0.1) is 12.7 Å². The van der Waals surface area contributed by atoms with Gasteiger partial charge >= 0.3 is 5.97 Å². The zero-order valence-corrected chi connectivity index (χ0v) is 7.83. The van der Waals surface area contributed by atoms with E-state index in [1.54, 1.807) is 19.1 Å². The van der Waals surface area contributed by atoms with E-state index in [-0.39, 0.29) is 6.42 Å². The highest BCUT2D eigenvalue weighted by Gasteiger charge is 2.15. The second kappa shape index (κ2) is 4.19. The Morgan fingerprint density at radius 3 is 2.79 bits per heavy atom. The maximum absolute atomic E-state index is 13.2. The highest BCUT2D eigenvalue weighted by Crippen LogP contribution is 2.14. The third-order valence-corrected chi connectivity index (χ3v) is 2.09. The maximum atomic E-state index is 13.2. The molecule has 0 heterocycles. The van der Waals surface area contributed by atoms with Crippen LogP contribution in [0.3, 0.4) is 0 Å². The van der Waals surface area contributed by atoms with Crippen LogP contribution in [-0.4, -0.2) is 17.1 Å². The predicted octanol–water partition coefficient (Wildman–Crippen LogP) is 1.09. The average molecular weight is 197 g/mol. The van der Waals surface area contributed by atoms with Crippen molar-refractivity contribution in [3.63, 3.8) is 0 Å². The number of carbonyl (C=O) groups is 1. The largest absolute Gasteiger partial charge is 0.480 e. The Balaban J connectivity index is 2.91. The number of aryl methyl sites for hydroxylation is 1. The molecule has 0 saturated heterocycles. The lowest BCUT2D eigenvalue weighted by atomic mass is 10.0. The Kier molecular flexibility index (Phi) is 3.19. The quantitative estimate of drug-likeness (QED) is 0.762. The van der Waals surface area contributed by atoms with Crippen molar-refractivity contribution in [1.29, 1.82) is 0 Å². The summed E-state index contributed by atoms with van der Waals surface area (Å²) in [6.07, 6.45) is 0.0217. The molecule has 3 nitrogen and oxygen atoms in total. The summed E-state index contributed by atoms with van der Waals surface area (Å²) in [5.41, 5.74) is 6.42. The highest BCUT2D eigenvalue weighted by molar-refractivity contribution is 5.73. The second-order valence-corrected chi connectivity index (χ2v) is 3.18. The van der Waals surface area contributed by atoms with Gasteiger partial charge in [-0.3, -0.25) is 4.79 Å². The van der Waals surface area contributed by atoms with E-state index < -0.39 is 17.8 Å². The first kappa shape index (κ1) is 10.7. The van der Waals surface area contributed by atoms with E-state index >= 15 is 0 Å². The molecule has 0 spiro atoms. The minimum absolute atomic E-state index is 0.0217. The van der Waals surface area contributed by atoms with Crippen LogP contribution in [0.15, 0.2) is 18.2 Å². The summed E-state index contributed by atoms with van der Waals surface area (Å²) in [4.78, 5) is 10.5. The van der Waals surface area contributed by atoms with Gasteiger partial charge in [0.2, 0.25) is 0 Å². The van der Waals surface area contributed by atoms with E-state index in [4.69, 9.17) is 10.8 Å². The molecule has 1 atom stereocenters. The van der Waals surface area contributed by atoms with Crippen molar-refractivity contribution in [2.75, 3.05) is 0 Å². The molecule has 4 heteroatoms. The Morgan fingerprint density at radius 2 is 2.29 bits per heavy atom. The molecule has 0 bridgehead atoms. The van der Waals surface area contributed by atoms with Crippen molar-refractivity contribution in [2.24, 2.45) is 5.73 Å². The number of hydrogen-bond donors (Lipinski definition) is 2. The summed E-state index contributed by atoms with van der Waals surface area (Å²) in [5, 5.41) is 8.58. The smallest absolute Gasteiger partial charge is 0.320 e. The highest BCUT2D eigenvalue weighted by atomic mass is 19.1. The molecule has 0 aliphatic carbocycles. The van der Waals surface area contributed by atoms with Gasteiger partial charge in [-0.1, -0.05) is 12.1 Å². The Labute approximate surface area is 81.4 Å². The molecule has 1 aromatic carbocycles. The van der Waals surface area contributed by atoms with E-state index in [0.717, 1.165) is 5.56 Å². The van der Waals surface area contributed by atoms with Crippen molar-refractivity contribution in [3.05, 3.63) is 35.1 Å². The monoisotopic (exact) mass is 197 g/mol. The molecular formula is C10H12FNO2. The number of halogens is 1. The van der Waals surface area contributed by atoms with Crippen molar-refractivity contribution in [1.82, 2.24) is 0 Å². The first-order valence-electron chi connectivity index (χ1n) is 4.24. The summed E-state index contributed by atoms with van der Waals surface area (Å²) >= 11 is 0. The van der Waals surface area contributed by atoms with Gasteiger partial charge in [-0.25, -0.2) is 4.39 Å². The van der Waals surface area contributed by atoms with Gasteiger partial charge in [-0.15, -0.1) is 0 Å². The molecule has 3 N–H and O–H groups in total. The SMILES string of the molecule is Cc1cccc(F)c1CC(N)C(=O)O. The van der Waals surface area contributed by atoms with Crippen LogP contribution in [0.1, 0.15) is 11.1 Å². The van der Waals surface area contributed by atoms with Gasteiger partial charge in [0, 0.05) is 6.42 Å². The molecule has 0 amide bonds. The fourth-order valence-corrected chi connectivity index (χ4v) is 1.23. The fourth-order valence-electron chi connectivity index (χ4n) is 1.23. The van der Waals surface area contributed by atoms with E-state index in [1.807, 2.05) is 0 Å². The van der Waals surface area contributed by atoms with Gasteiger partial charge < -0.3 is 10.8 Å². The first-order valence-corrected chi connectivity index (χ1v) is 4.24. The Bertz CT molecular complexity index is 332. The number of aliphatic carboxylic acids is 1. The number of benzene rings is 1. The molecular weight excluding hydrogens is 185 g/mol. The third-order valence-electron chi connectivity index (χ3n) is 2.09. The predicted molar refractivity (Wildman–Crippen MR) is 50.5 cm³/mol. The first-order chi connectivity index (χ1) is 6.52. The number of rotatable bonds is 3. The summed E-state index contributed by atoms with van der Waals surface area (Å²) < 4.78 is 13.2. The Hall–Kier alpha value is -1.42. The molecule has 0 aliphatic rings. The van der Waals surface area contributed by atoms with Crippen LogP contribution in [0.4, 0.5) is 4.39 Å². The van der Waals surface area contributed by atoms with E-state index in [9.17, 15) is 9.18 Å². The lowest BCUT2D eigenvalue weighted by Crippen LogP contribution is -2.32. The van der Waals surface area contributed by atoms with Crippen LogP contribution in [0.5, 0.6) is 0 Å². The molecule has 1 rings (SSSR count). The summed E-state index contributed by atoms with van der Waals surface area (Å²) in [7, 11) is 0. The van der Waals surface area contributed by atoms with Crippen molar-refractivity contribution in [3.8, 4) is 0 Å². The van der Waals surface area contributed by atoms with E-state index in [0.29, 0.717) is 5.56 Å². The van der Waals surface area contributed by atoms with Gasteiger partial charge in [0.15, 0.2) is 0 Å². The molecule has 1 unspecified atom stereocenters. The molecule has 0 radical (unpaired) electrons. The Morgan fingerprint density at radius 1 is 1.64 bits per heavy atom. The van der Waals surface area contributed by atoms with Crippen LogP contribution < -0.4 is 5.73 Å². The number of carboxylic acid groups (broad SMARTS) is 1. The summed E-state index contributed by atoms with van der Waals surface area (Å²) in [6.45, 7) is 1.73. The van der Waals surface area contributed by atoms with Gasteiger partial charge in [0.05, 0.1) is 0 Å².